The zero-order valence-electron chi connectivity index (χ0n) is 10.2. The highest BCUT2D eigenvalue weighted by atomic mass is 79.9. The fourth-order valence-electron chi connectivity index (χ4n) is 3.20. The van der Waals surface area contributed by atoms with Gasteiger partial charge in [-0.1, -0.05) is 35.2 Å². The molecular weight excluding hydrogens is 296 g/mol. The maximum absolute atomic E-state index is 12.4. The first-order valence-corrected chi connectivity index (χ1v) is 7.61. The highest BCUT2D eigenvalue weighted by Crippen LogP contribution is 2.34. The highest BCUT2D eigenvalue weighted by Gasteiger charge is 2.28. The number of nitrogens with zero attached hydrogens (tertiary/aromatic N) is 1. The van der Waals surface area contributed by atoms with Crippen LogP contribution in [-0.4, -0.2) is 9.55 Å². The van der Waals surface area contributed by atoms with Crippen LogP contribution < -0.4 is 11.2 Å². The number of aromatic nitrogens is 2. The summed E-state index contributed by atoms with van der Waals surface area (Å²) in [5.74, 6) is 0. The van der Waals surface area contributed by atoms with Crippen molar-refractivity contribution in [1.82, 2.24) is 9.55 Å². The molecule has 0 aliphatic heterocycles. The number of H-pyrrole nitrogens is 1. The van der Waals surface area contributed by atoms with Crippen molar-refractivity contribution >= 4 is 15.9 Å². The Morgan fingerprint density at radius 3 is 2.56 bits per heavy atom. The number of hydrogen-bond donors (Lipinski definition) is 1. The topological polar surface area (TPSA) is 54.9 Å². The maximum Gasteiger partial charge on any atom is 0.328 e. The lowest BCUT2D eigenvalue weighted by Crippen LogP contribution is -2.40. The third kappa shape index (κ3) is 1.88. The number of fused-ring (bicyclic) bond motifs is 1. The van der Waals surface area contributed by atoms with E-state index in [1.807, 2.05) is 0 Å². The lowest BCUT2D eigenvalue weighted by molar-refractivity contribution is 0.335. The quantitative estimate of drug-likeness (QED) is 0.810. The molecule has 1 aromatic rings. The van der Waals surface area contributed by atoms with Gasteiger partial charge in [0.2, 0.25) is 0 Å². The Morgan fingerprint density at radius 2 is 1.83 bits per heavy atom. The van der Waals surface area contributed by atoms with E-state index in [0.29, 0.717) is 0 Å². The van der Waals surface area contributed by atoms with Gasteiger partial charge in [0.05, 0.1) is 4.83 Å². The van der Waals surface area contributed by atoms with E-state index in [4.69, 9.17) is 0 Å². The summed E-state index contributed by atoms with van der Waals surface area (Å²) in [6, 6.07) is 0.106. The van der Waals surface area contributed by atoms with Crippen LogP contribution in [-0.2, 0) is 6.42 Å². The summed E-state index contributed by atoms with van der Waals surface area (Å²) in [6.45, 7) is 0. The van der Waals surface area contributed by atoms with Crippen LogP contribution >= 0.6 is 15.9 Å². The van der Waals surface area contributed by atoms with Crippen molar-refractivity contribution in [3.8, 4) is 0 Å². The van der Waals surface area contributed by atoms with Crippen LogP contribution in [0.4, 0.5) is 0 Å². The Morgan fingerprint density at radius 1 is 1.11 bits per heavy atom. The van der Waals surface area contributed by atoms with E-state index < -0.39 is 0 Å². The van der Waals surface area contributed by atoms with Gasteiger partial charge in [-0.15, -0.1) is 0 Å². The second-order valence-electron chi connectivity index (χ2n) is 5.30. The summed E-state index contributed by atoms with van der Waals surface area (Å²) in [5, 5.41) is 0. The van der Waals surface area contributed by atoms with Crippen molar-refractivity contribution < 1.29 is 0 Å². The minimum atomic E-state index is -0.225. The molecular formula is C13H17BrN2O2. The molecule has 0 bridgehead atoms. The first kappa shape index (κ1) is 12.2. The molecule has 1 atom stereocenters. The van der Waals surface area contributed by atoms with Crippen LogP contribution in [0.15, 0.2) is 9.59 Å². The van der Waals surface area contributed by atoms with Crippen LogP contribution in [0.5, 0.6) is 0 Å². The van der Waals surface area contributed by atoms with Crippen molar-refractivity contribution in [3.05, 3.63) is 32.1 Å². The predicted octanol–water partition coefficient (Wildman–Crippen LogP) is 2.42. The van der Waals surface area contributed by atoms with Gasteiger partial charge >= 0.3 is 5.69 Å². The van der Waals surface area contributed by atoms with Crippen molar-refractivity contribution in [2.75, 3.05) is 0 Å². The van der Waals surface area contributed by atoms with Crippen LogP contribution in [0.2, 0.25) is 0 Å². The Bertz CT molecular complexity index is 569. The van der Waals surface area contributed by atoms with Crippen LogP contribution in [0.25, 0.3) is 0 Å². The van der Waals surface area contributed by atoms with Gasteiger partial charge in [-0.25, -0.2) is 4.79 Å². The molecule has 0 amide bonds. The summed E-state index contributed by atoms with van der Waals surface area (Å²) in [4.78, 5) is 27.6. The molecule has 2 aliphatic rings. The third-order valence-corrected chi connectivity index (χ3v) is 5.08. The Kier molecular flexibility index (Phi) is 3.18. The number of halogens is 1. The van der Waals surface area contributed by atoms with Gasteiger partial charge in [0.1, 0.15) is 0 Å². The molecule has 1 heterocycles. The molecule has 1 saturated carbocycles. The number of hydrogen-bond acceptors (Lipinski definition) is 2. The third-order valence-electron chi connectivity index (χ3n) is 4.16. The zero-order chi connectivity index (χ0) is 12.7. The van der Waals surface area contributed by atoms with E-state index in [1.165, 1.54) is 11.0 Å². The van der Waals surface area contributed by atoms with Gasteiger partial charge in [0.25, 0.3) is 5.56 Å². The van der Waals surface area contributed by atoms with Gasteiger partial charge in [0, 0.05) is 17.3 Å². The van der Waals surface area contributed by atoms with Gasteiger partial charge in [-0.3, -0.25) is 9.36 Å². The van der Waals surface area contributed by atoms with Crippen molar-refractivity contribution in [1.29, 1.82) is 0 Å². The smallest absolute Gasteiger partial charge is 0.310 e. The van der Waals surface area contributed by atoms with Crippen LogP contribution in [0.3, 0.4) is 0 Å². The lowest BCUT2D eigenvalue weighted by atomic mass is 9.95. The number of aromatic amines is 1. The van der Waals surface area contributed by atoms with Gasteiger partial charge in [-0.05, 0) is 25.7 Å². The lowest BCUT2D eigenvalue weighted by Gasteiger charge is -2.23. The highest BCUT2D eigenvalue weighted by molar-refractivity contribution is 9.09. The fourth-order valence-corrected chi connectivity index (χ4v) is 3.82. The van der Waals surface area contributed by atoms with E-state index in [1.54, 1.807) is 0 Å². The van der Waals surface area contributed by atoms with Crippen molar-refractivity contribution in [3.63, 3.8) is 0 Å². The molecule has 0 saturated heterocycles. The van der Waals surface area contributed by atoms with Crippen molar-refractivity contribution in [2.45, 2.75) is 55.8 Å². The molecule has 98 valence electrons. The fraction of sp³-hybridized carbons (Fsp3) is 0.692. The summed E-state index contributed by atoms with van der Waals surface area (Å²) in [5.41, 5.74) is 1.33. The Balaban J connectivity index is 2.11. The minimum absolute atomic E-state index is 0.0531. The van der Waals surface area contributed by atoms with E-state index >= 15 is 0 Å². The molecule has 0 spiro atoms. The Hall–Kier alpha value is -0.840. The SMILES string of the molecule is O=c1[nH]c2c(c(=O)n1C1CCCCC1)CCC2Br. The Labute approximate surface area is 114 Å². The average Bonchev–Trinajstić information content (AvgIpc) is 2.73. The molecule has 0 radical (unpaired) electrons. The summed E-state index contributed by atoms with van der Waals surface area (Å²) < 4.78 is 1.48. The van der Waals surface area contributed by atoms with Crippen LogP contribution in [0.1, 0.15) is 60.7 Å². The average molecular weight is 313 g/mol. The van der Waals surface area contributed by atoms with Gasteiger partial charge in [0.15, 0.2) is 0 Å². The molecule has 3 rings (SSSR count). The number of rotatable bonds is 1. The molecule has 4 nitrogen and oxygen atoms in total. The molecule has 5 heteroatoms. The van der Waals surface area contributed by atoms with Crippen molar-refractivity contribution in [2.24, 2.45) is 0 Å². The van der Waals surface area contributed by atoms with E-state index in [2.05, 4.69) is 20.9 Å². The zero-order valence-corrected chi connectivity index (χ0v) is 11.8. The van der Waals surface area contributed by atoms with Gasteiger partial charge in [-0.2, -0.15) is 0 Å². The predicted molar refractivity (Wildman–Crippen MR) is 73.4 cm³/mol. The first-order valence-electron chi connectivity index (χ1n) is 6.70. The molecule has 1 unspecified atom stereocenters. The molecule has 1 aromatic heterocycles. The number of alkyl halides is 1. The second kappa shape index (κ2) is 4.68. The normalized spacial score (nSPS) is 24.2. The number of nitrogens with one attached hydrogen (secondary N) is 1. The van der Waals surface area contributed by atoms with Gasteiger partial charge < -0.3 is 4.98 Å². The maximum atomic E-state index is 12.4. The standard InChI is InChI=1S/C13H17BrN2O2/c14-10-7-6-9-11(10)15-13(18)16(12(9)17)8-4-2-1-3-5-8/h8,10H,1-7H2,(H,15,18). The first-order chi connectivity index (χ1) is 8.68. The molecule has 1 fully saturated rings. The molecule has 1 N–H and O–H groups in total. The minimum Gasteiger partial charge on any atom is -0.310 e. The molecule has 18 heavy (non-hydrogen) atoms. The summed E-state index contributed by atoms with van der Waals surface area (Å²) in [6.07, 6.45) is 7.04. The molecule has 2 aliphatic carbocycles. The second-order valence-corrected chi connectivity index (χ2v) is 6.40. The van der Waals surface area contributed by atoms with Crippen LogP contribution in [0, 0.1) is 0 Å². The molecule has 0 aromatic carbocycles. The van der Waals surface area contributed by atoms with E-state index in [0.717, 1.165) is 49.8 Å². The monoisotopic (exact) mass is 312 g/mol. The summed E-state index contributed by atoms with van der Waals surface area (Å²) in [7, 11) is 0. The van der Waals surface area contributed by atoms with E-state index in [-0.39, 0.29) is 22.1 Å². The summed E-state index contributed by atoms with van der Waals surface area (Å²) >= 11 is 3.51. The largest absolute Gasteiger partial charge is 0.328 e. The van der Waals surface area contributed by atoms with E-state index in [9.17, 15) is 9.59 Å².